The van der Waals surface area contributed by atoms with Crippen LogP contribution in [0.2, 0.25) is 5.02 Å². The number of hydrazine groups is 1. The van der Waals surface area contributed by atoms with Gasteiger partial charge in [0.25, 0.3) is 5.91 Å². The summed E-state index contributed by atoms with van der Waals surface area (Å²) in [5, 5.41) is 6.05. The van der Waals surface area contributed by atoms with Crippen molar-refractivity contribution in [1.29, 1.82) is 0 Å². The highest BCUT2D eigenvalue weighted by Crippen LogP contribution is 2.32. The van der Waals surface area contributed by atoms with Crippen LogP contribution in [0, 0.1) is 5.92 Å². The summed E-state index contributed by atoms with van der Waals surface area (Å²) in [5.74, 6) is -0.265. The molecule has 1 saturated carbocycles. The molecule has 1 saturated heterocycles. The number of fused-ring (bicyclic) bond motifs is 1. The number of alkyl halides is 3. The molecule has 1 aliphatic carbocycles. The van der Waals surface area contributed by atoms with E-state index in [2.05, 4.69) is 20.5 Å². The van der Waals surface area contributed by atoms with Crippen molar-refractivity contribution in [2.24, 2.45) is 5.92 Å². The molecule has 34 heavy (non-hydrogen) atoms. The van der Waals surface area contributed by atoms with Gasteiger partial charge in [0, 0.05) is 42.3 Å². The van der Waals surface area contributed by atoms with Crippen LogP contribution in [0.25, 0.3) is 10.9 Å². The maximum absolute atomic E-state index is 12.6. The van der Waals surface area contributed by atoms with Crippen molar-refractivity contribution in [3.05, 3.63) is 35.4 Å². The molecule has 0 unspecified atom stereocenters. The van der Waals surface area contributed by atoms with E-state index in [0.717, 1.165) is 10.9 Å². The first-order chi connectivity index (χ1) is 16.1. The summed E-state index contributed by atoms with van der Waals surface area (Å²) in [5.41, 5.74) is 3.44. The lowest BCUT2D eigenvalue weighted by atomic mass is 9.92. The van der Waals surface area contributed by atoms with Crippen molar-refractivity contribution in [2.45, 2.75) is 44.3 Å². The molecule has 2 fully saturated rings. The first-order valence-electron chi connectivity index (χ1n) is 10.9. The fourth-order valence-corrected chi connectivity index (χ4v) is 4.17. The fourth-order valence-electron chi connectivity index (χ4n) is 3.99. The Labute approximate surface area is 198 Å². The smallest absolute Gasteiger partial charge is 0.368 e. The highest BCUT2D eigenvalue weighted by molar-refractivity contribution is 6.31. The van der Waals surface area contributed by atoms with Crippen LogP contribution in [0.5, 0.6) is 0 Å². The van der Waals surface area contributed by atoms with Gasteiger partial charge in [0.1, 0.15) is 12.4 Å². The van der Waals surface area contributed by atoms with Gasteiger partial charge in [-0.25, -0.2) is 9.99 Å². The topological polar surface area (TPSA) is 92.8 Å². The van der Waals surface area contributed by atoms with E-state index in [1.165, 1.54) is 0 Å². The van der Waals surface area contributed by atoms with E-state index >= 15 is 0 Å². The average Bonchev–Trinajstić information content (AvgIpc) is 2.75. The van der Waals surface area contributed by atoms with Gasteiger partial charge in [-0.3, -0.25) is 19.8 Å². The largest absolute Gasteiger partial charge is 0.522 e. The number of amides is 2. The lowest BCUT2D eigenvalue weighted by Crippen LogP contribution is -2.50. The minimum atomic E-state index is -4.66. The van der Waals surface area contributed by atoms with Gasteiger partial charge in [-0.2, -0.15) is 0 Å². The molecule has 12 heteroatoms. The summed E-state index contributed by atoms with van der Waals surface area (Å²) in [6, 6.07) is 8.90. The molecule has 8 nitrogen and oxygen atoms in total. The molecule has 2 amide bonds. The van der Waals surface area contributed by atoms with Crippen LogP contribution in [-0.2, 0) is 19.1 Å². The van der Waals surface area contributed by atoms with Gasteiger partial charge in [-0.1, -0.05) is 11.6 Å². The lowest BCUT2D eigenvalue weighted by Gasteiger charge is -2.35. The van der Waals surface area contributed by atoms with Crippen LogP contribution in [0.1, 0.15) is 25.7 Å². The molecule has 184 valence electrons. The number of piperidine rings is 1. The van der Waals surface area contributed by atoms with Gasteiger partial charge in [-0.05, 0) is 43.2 Å². The normalized spacial score (nSPS) is 21.8. The number of benzene rings is 1. The first kappa shape index (κ1) is 24.6. The third-order valence-electron chi connectivity index (χ3n) is 5.85. The number of nitrogens with zero attached hydrogens (tertiary/aromatic N) is 2. The Kier molecular flexibility index (Phi) is 7.56. The second-order valence-corrected chi connectivity index (χ2v) is 8.85. The van der Waals surface area contributed by atoms with Crippen molar-refractivity contribution in [1.82, 2.24) is 15.4 Å². The molecule has 2 aromatic rings. The lowest BCUT2D eigenvalue weighted by molar-refractivity contribution is -0.357. The third-order valence-corrected chi connectivity index (χ3v) is 6.09. The molecule has 1 aliphatic heterocycles. The SMILES string of the molecule is O=C(CO[C@H]1C[C@@H](OC(F)(F)F)C1)NN1CCC(C(=O)Nc2ccc3cc(Cl)ccc3n2)CC1. The second-order valence-electron chi connectivity index (χ2n) is 8.41. The van der Waals surface area contributed by atoms with E-state index in [4.69, 9.17) is 16.3 Å². The number of hydrogen-bond acceptors (Lipinski definition) is 6. The Morgan fingerprint density at radius 1 is 1.12 bits per heavy atom. The molecule has 4 rings (SSSR count). The summed E-state index contributed by atoms with van der Waals surface area (Å²) in [4.78, 5) is 29.1. The van der Waals surface area contributed by atoms with E-state index in [0.29, 0.717) is 36.8 Å². The fraction of sp³-hybridized carbons (Fsp3) is 0.500. The minimum absolute atomic E-state index is 0.104. The monoisotopic (exact) mass is 500 g/mol. The summed E-state index contributed by atoms with van der Waals surface area (Å²) >= 11 is 5.98. The van der Waals surface area contributed by atoms with E-state index < -0.39 is 18.6 Å². The number of halogens is 4. The van der Waals surface area contributed by atoms with Crippen LogP contribution in [-0.4, -0.2) is 60.1 Å². The van der Waals surface area contributed by atoms with Gasteiger partial charge >= 0.3 is 6.36 Å². The van der Waals surface area contributed by atoms with Gasteiger partial charge in [0.05, 0.1) is 17.7 Å². The number of carbonyl (C=O) groups excluding carboxylic acids is 2. The summed E-state index contributed by atoms with van der Waals surface area (Å²) in [7, 11) is 0. The molecular weight excluding hydrogens is 477 g/mol. The molecule has 1 aromatic carbocycles. The Morgan fingerprint density at radius 2 is 1.85 bits per heavy atom. The minimum Gasteiger partial charge on any atom is -0.368 e. The van der Waals surface area contributed by atoms with Crippen molar-refractivity contribution in [3.8, 4) is 0 Å². The number of anilines is 1. The summed E-state index contributed by atoms with van der Waals surface area (Å²) < 4.78 is 45.6. The number of aromatic nitrogens is 1. The Hall–Kier alpha value is -2.47. The second kappa shape index (κ2) is 10.4. The molecule has 2 heterocycles. The first-order valence-corrected chi connectivity index (χ1v) is 11.3. The van der Waals surface area contributed by atoms with Crippen molar-refractivity contribution in [2.75, 3.05) is 25.0 Å². The van der Waals surface area contributed by atoms with Gasteiger partial charge in [0.15, 0.2) is 0 Å². The Morgan fingerprint density at radius 3 is 2.56 bits per heavy atom. The van der Waals surface area contributed by atoms with Crippen LogP contribution in [0.4, 0.5) is 19.0 Å². The average molecular weight is 501 g/mol. The van der Waals surface area contributed by atoms with Gasteiger partial charge in [-0.15, -0.1) is 13.2 Å². The summed E-state index contributed by atoms with van der Waals surface area (Å²) in [6.07, 6.45) is -4.68. The number of hydrogen-bond donors (Lipinski definition) is 2. The van der Waals surface area contributed by atoms with Crippen molar-refractivity contribution in [3.63, 3.8) is 0 Å². The van der Waals surface area contributed by atoms with E-state index in [1.807, 2.05) is 6.07 Å². The van der Waals surface area contributed by atoms with Crippen LogP contribution < -0.4 is 10.7 Å². The number of nitrogens with one attached hydrogen (secondary N) is 2. The van der Waals surface area contributed by atoms with Crippen molar-refractivity contribution < 1.29 is 32.2 Å². The van der Waals surface area contributed by atoms with Crippen molar-refractivity contribution >= 4 is 40.1 Å². The third kappa shape index (κ3) is 6.78. The number of rotatable bonds is 7. The zero-order valence-corrected chi connectivity index (χ0v) is 18.9. The molecule has 0 radical (unpaired) electrons. The molecule has 0 bridgehead atoms. The van der Waals surface area contributed by atoms with Gasteiger partial charge in [0.2, 0.25) is 5.91 Å². The highest BCUT2D eigenvalue weighted by atomic mass is 35.5. The standard InChI is InChI=1S/C22H24ClF3N4O4/c23-15-2-3-18-14(9-15)1-4-19(27-18)28-21(32)13-5-7-30(8-6-13)29-20(31)12-33-16-10-17(11-16)34-22(24,25)26/h1-4,9,13,16-17H,5-8,10-12H2,(H,29,31)(H,27,28,32)/t16-,17+. The van der Waals surface area contributed by atoms with E-state index in [1.54, 1.807) is 29.3 Å². The van der Waals surface area contributed by atoms with E-state index in [9.17, 15) is 22.8 Å². The van der Waals surface area contributed by atoms with E-state index in [-0.39, 0.29) is 37.2 Å². The van der Waals surface area contributed by atoms with Crippen LogP contribution >= 0.6 is 11.6 Å². The zero-order chi connectivity index (χ0) is 24.3. The Balaban J connectivity index is 1.15. The zero-order valence-electron chi connectivity index (χ0n) is 18.1. The predicted octanol–water partition coefficient (Wildman–Crippen LogP) is 3.65. The maximum Gasteiger partial charge on any atom is 0.522 e. The van der Waals surface area contributed by atoms with Crippen LogP contribution in [0.15, 0.2) is 30.3 Å². The molecule has 2 N–H and O–H groups in total. The molecular formula is C22H24ClF3N4O4. The molecule has 2 aliphatic rings. The predicted molar refractivity (Wildman–Crippen MR) is 118 cm³/mol. The Bertz CT molecular complexity index is 1040. The maximum atomic E-state index is 12.6. The quantitative estimate of drug-likeness (QED) is 0.603. The number of carbonyl (C=O) groups is 2. The molecule has 0 atom stereocenters. The number of pyridine rings is 1. The molecule has 1 aromatic heterocycles. The van der Waals surface area contributed by atoms with Gasteiger partial charge < -0.3 is 10.1 Å². The summed E-state index contributed by atoms with van der Waals surface area (Å²) in [6.45, 7) is 0.722. The number of ether oxygens (including phenoxy) is 2. The van der Waals surface area contributed by atoms with Crippen LogP contribution in [0.3, 0.4) is 0 Å². The highest BCUT2D eigenvalue weighted by Gasteiger charge is 2.40. The molecule has 0 spiro atoms.